The van der Waals surface area contributed by atoms with Gasteiger partial charge in [-0.2, -0.15) is 0 Å². The lowest BCUT2D eigenvalue weighted by molar-refractivity contribution is 0.483. The Bertz CT molecular complexity index is 1060. The molecule has 0 saturated carbocycles. The molecule has 0 unspecified atom stereocenters. The fourth-order valence-electron chi connectivity index (χ4n) is 3.70. The van der Waals surface area contributed by atoms with Crippen LogP contribution in [0.15, 0.2) is 78.9 Å². The summed E-state index contributed by atoms with van der Waals surface area (Å²) in [6.45, 7) is 0. The molecule has 0 bridgehead atoms. The molecular weight excluding hydrogens is 280 g/mol. The summed E-state index contributed by atoms with van der Waals surface area (Å²) in [5.41, 5.74) is 6.85. The Labute approximate surface area is 134 Å². The van der Waals surface area contributed by atoms with Gasteiger partial charge in [0.1, 0.15) is 5.75 Å². The third-order valence-electron chi connectivity index (χ3n) is 4.72. The minimum absolute atomic E-state index is 0.365. The van der Waals surface area contributed by atoms with Gasteiger partial charge >= 0.3 is 0 Å². The number of phenolic OH excluding ortho intramolecular Hbond substituents is 1. The minimum atomic E-state index is 0.365. The maximum absolute atomic E-state index is 10.9. The van der Waals surface area contributed by atoms with Crippen molar-refractivity contribution in [1.29, 1.82) is 0 Å². The highest BCUT2D eigenvalue weighted by Gasteiger charge is 2.24. The van der Waals surface area contributed by atoms with Gasteiger partial charge in [0.15, 0.2) is 0 Å². The summed E-state index contributed by atoms with van der Waals surface area (Å²) >= 11 is 0. The fraction of sp³-hybridized carbons (Fsp3) is 0. The van der Waals surface area contributed by atoms with E-state index in [-0.39, 0.29) is 0 Å². The second-order valence-electron chi connectivity index (χ2n) is 5.96. The van der Waals surface area contributed by atoms with E-state index < -0.39 is 0 Å². The predicted molar refractivity (Wildman–Crippen MR) is 95.5 cm³/mol. The molecule has 1 nitrogen and oxygen atoms in total. The van der Waals surface area contributed by atoms with Crippen LogP contribution in [0, 0.1) is 0 Å². The Balaban J connectivity index is 1.95. The molecular formula is C22H14O. The summed E-state index contributed by atoms with van der Waals surface area (Å²) in [4.78, 5) is 0. The van der Waals surface area contributed by atoms with E-state index in [1.54, 1.807) is 0 Å². The lowest BCUT2D eigenvalue weighted by Crippen LogP contribution is -1.84. The van der Waals surface area contributed by atoms with Crippen LogP contribution in [0.2, 0.25) is 0 Å². The molecule has 0 spiro atoms. The molecule has 0 amide bonds. The molecule has 1 heteroatoms. The molecule has 0 fully saturated rings. The third-order valence-corrected chi connectivity index (χ3v) is 4.72. The van der Waals surface area contributed by atoms with Crippen LogP contribution in [-0.2, 0) is 0 Å². The van der Waals surface area contributed by atoms with Crippen molar-refractivity contribution >= 4 is 10.8 Å². The highest BCUT2D eigenvalue weighted by molar-refractivity contribution is 6.18. The number of hydrogen-bond donors (Lipinski definition) is 1. The number of phenols is 1. The van der Waals surface area contributed by atoms with Crippen LogP contribution in [0.4, 0.5) is 0 Å². The molecule has 4 aromatic carbocycles. The quantitative estimate of drug-likeness (QED) is 0.410. The lowest BCUT2D eigenvalue weighted by Gasteiger charge is -2.11. The SMILES string of the molecule is Oc1c(-c2ccccc2)cc2c3c(cccc13)-c1ccccc1-2. The van der Waals surface area contributed by atoms with Crippen molar-refractivity contribution in [3.8, 4) is 39.1 Å². The van der Waals surface area contributed by atoms with Crippen molar-refractivity contribution in [3.63, 3.8) is 0 Å². The van der Waals surface area contributed by atoms with E-state index in [2.05, 4.69) is 36.4 Å². The summed E-state index contributed by atoms with van der Waals surface area (Å²) in [7, 11) is 0. The molecule has 0 saturated heterocycles. The molecule has 0 atom stereocenters. The van der Waals surface area contributed by atoms with Gasteiger partial charge in [-0.05, 0) is 33.9 Å². The van der Waals surface area contributed by atoms with Gasteiger partial charge < -0.3 is 5.11 Å². The van der Waals surface area contributed by atoms with E-state index in [4.69, 9.17) is 0 Å². The Morgan fingerprint density at radius 1 is 0.522 bits per heavy atom. The molecule has 23 heavy (non-hydrogen) atoms. The van der Waals surface area contributed by atoms with Gasteiger partial charge in [0.2, 0.25) is 0 Å². The molecule has 1 aliphatic rings. The largest absolute Gasteiger partial charge is 0.507 e. The summed E-state index contributed by atoms with van der Waals surface area (Å²) < 4.78 is 0. The average molecular weight is 294 g/mol. The third kappa shape index (κ3) is 1.62. The molecule has 1 N–H and O–H groups in total. The Hall–Kier alpha value is -3.06. The van der Waals surface area contributed by atoms with E-state index in [1.165, 1.54) is 22.3 Å². The first-order valence-corrected chi connectivity index (χ1v) is 7.78. The van der Waals surface area contributed by atoms with Gasteiger partial charge in [0.05, 0.1) is 0 Å². The van der Waals surface area contributed by atoms with Crippen LogP contribution in [-0.4, -0.2) is 5.11 Å². The zero-order chi connectivity index (χ0) is 15.4. The van der Waals surface area contributed by atoms with Crippen LogP contribution >= 0.6 is 0 Å². The normalized spacial score (nSPS) is 11.7. The van der Waals surface area contributed by atoms with Crippen LogP contribution in [0.3, 0.4) is 0 Å². The van der Waals surface area contributed by atoms with Crippen LogP contribution in [0.5, 0.6) is 5.75 Å². The molecule has 0 radical (unpaired) electrons. The number of benzene rings is 4. The van der Waals surface area contributed by atoms with Crippen molar-refractivity contribution in [2.45, 2.75) is 0 Å². The van der Waals surface area contributed by atoms with Gasteiger partial charge in [-0.1, -0.05) is 72.8 Å². The molecule has 1 aliphatic carbocycles. The second kappa shape index (κ2) is 4.47. The topological polar surface area (TPSA) is 20.2 Å². The van der Waals surface area contributed by atoms with Gasteiger partial charge in [0.25, 0.3) is 0 Å². The fourth-order valence-corrected chi connectivity index (χ4v) is 3.70. The highest BCUT2D eigenvalue weighted by atomic mass is 16.3. The maximum atomic E-state index is 10.9. The first-order chi connectivity index (χ1) is 11.3. The van der Waals surface area contributed by atoms with Gasteiger partial charge in [-0.3, -0.25) is 0 Å². The van der Waals surface area contributed by atoms with Crippen LogP contribution in [0.1, 0.15) is 0 Å². The van der Waals surface area contributed by atoms with Crippen molar-refractivity contribution < 1.29 is 5.11 Å². The van der Waals surface area contributed by atoms with E-state index in [9.17, 15) is 5.11 Å². The zero-order valence-electron chi connectivity index (χ0n) is 12.5. The molecule has 4 aromatic rings. The zero-order valence-corrected chi connectivity index (χ0v) is 12.5. The standard InChI is InChI=1S/C22H14O/c23-22-18-12-6-11-17-15-9-4-5-10-16(15)20(21(17)18)13-19(22)14-7-2-1-3-8-14/h1-13,23H. The van der Waals surface area contributed by atoms with Gasteiger partial charge in [-0.15, -0.1) is 0 Å². The minimum Gasteiger partial charge on any atom is -0.507 e. The van der Waals surface area contributed by atoms with E-state index in [0.717, 1.165) is 21.9 Å². The lowest BCUT2D eigenvalue weighted by atomic mass is 9.95. The van der Waals surface area contributed by atoms with E-state index >= 15 is 0 Å². The van der Waals surface area contributed by atoms with Crippen LogP contribution in [0.25, 0.3) is 44.2 Å². The van der Waals surface area contributed by atoms with Gasteiger partial charge in [-0.25, -0.2) is 0 Å². The summed E-state index contributed by atoms with van der Waals surface area (Å²) in [5, 5.41) is 12.9. The number of rotatable bonds is 1. The number of fused-ring (bicyclic) bond motifs is 3. The maximum Gasteiger partial charge on any atom is 0.131 e. The molecule has 5 rings (SSSR count). The average Bonchev–Trinajstić information content (AvgIpc) is 2.94. The van der Waals surface area contributed by atoms with Crippen molar-refractivity contribution in [2.75, 3.05) is 0 Å². The summed E-state index contributed by atoms with van der Waals surface area (Å²) in [5.74, 6) is 0.365. The highest BCUT2D eigenvalue weighted by Crippen LogP contribution is 2.51. The van der Waals surface area contributed by atoms with Crippen molar-refractivity contribution in [2.24, 2.45) is 0 Å². The van der Waals surface area contributed by atoms with Gasteiger partial charge in [0, 0.05) is 16.3 Å². The molecule has 0 aromatic heterocycles. The van der Waals surface area contributed by atoms with Crippen molar-refractivity contribution in [1.82, 2.24) is 0 Å². The Morgan fingerprint density at radius 2 is 1.17 bits per heavy atom. The first-order valence-electron chi connectivity index (χ1n) is 7.78. The predicted octanol–water partition coefficient (Wildman–Crippen LogP) is 5.86. The van der Waals surface area contributed by atoms with E-state index in [0.29, 0.717) is 5.75 Å². The smallest absolute Gasteiger partial charge is 0.131 e. The van der Waals surface area contributed by atoms with Crippen molar-refractivity contribution in [3.05, 3.63) is 78.9 Å². The first kappa shape index (κ1) is 12.5. The monoisotopic (exact) mass is 294 g/mol. The number of hydrogen-bond acceptors (Lipinski definition) is 1. The Kier molecular flexibility index (Phi) is 2.42. The summed E-state index contributed by atoms with van der Waals surface area (Å²) in [6.07, 6.45) is 0. The second-order valence-corrected chi connectivity index (χ2v) is 5.96. The van der Waals surface area contributed by atoms with Crippen LogP contribution < -0.4 is 0 Å². The Morgan fingerprint density at radius 3 is 1.96 bits per heavy atom. The number of aromatic hydroxyl groups is 1. The molecule has 108 valence electrons. The van der Waals surface area contributed by atoms with E-state index in [1.807, 2.05) is 42.5 Å². The summed E-state index contributed by atoms with van der Waals surface area (Å²) in [6, 6.07) is 26.8. The molecule has 0 heterocycles. The molecule has 0 aliphatic heterocycles.